The van der Waals surface area contributed by atoms with Crippen molar-refractivity contribution in [3.63, 3.8) is 0 Å². The molecule has 3 heterocycles. The standard InChI is InChI=1S/C19H27N5O2/c1-12-13(2)22-24(14(12)3)9-7-19(26)23-8-5-6-16(11-23)17-10-18(25)21-15(4)20-17/h10,16H,5-9,11H2,1-4H3,(H,20,21,25)/t16-/m0/s1. The number of rotatable bonds is 4. The van der Waals surface area contributed by atoms with E-state index in [-0.39, 0.29) is 17.4 Å². The molecule has 1 amide bonds. The van der Waals surface area contributed by atoms with Crippen molar-refractivity contribution in [1.82, 2.24) is 24.6 Å². The van der Waals surface area contributed by atoms with E-state index in [0.29, 0.717) is 25.3 Å². The zero-order valence-electron chi connectivity index (χ0n) is 16.0. The Kier molecular flexibility index (Phi) is 5.25. The molecule has 0 radical (unpaired) electrons. The Morgan fingerprint density at radius 3 is 2.73 bits per heavy atom. The molecule has 0 spiro atoms. The normalized spacial score (nSPS) is 17.5. The fourth-order valence-electron chi connectivity index (χ4n) is 3.62. The van der Waals surface area contributed by atoms with E-state index in [2.05, 4.69) is 22.0 Å². The maximum absolute atomic E-state index is 12.7. The van der Waals surface area contributed by atoms with E-state index in [4.69, 9.17) is 0 Å². The molecule has 0 aliphatic carbocycles. The minimum atomic E-state index is -0.129. The van der Waals surface area contributed by atoms with Crippen molar-refractivity contribution in [2.24, 2.45) is 0 Å². The molecule has 1 atom stereocenters. The Hall–Kier alpha value is -2.44. The lowest BCUT2D eigenvalue weighted by Crippen LogP contribution is -2.40. The van der Waals surface area contributed by atoms with Gasteiger partial charge in [0.1, 0.15) is 5.82 Å². The largest absolute Gasteiger partial charge is 0.342 e. The van der Waals surface area contributed by atoms with Crippen molar-refractivity contribution in [3.8, 4) is 0 Å². The van der Waals surface area contributed by atoms with E-state index in [1.807, 2.05) is 23.4 Å². The van der Waals surface area contributed by atoms with Crippen LogP contribution in [0.15, 0.2) is 10.9 Å². The number of nitrogens with zero attached hydrogens (tertiary/aromatic N) is 4. The number of carbonyl (C=O) groups is 1. The summed E-state index contributed by atoms with van der Waals surface area (Å²) in [4.78, 5) is 33.4. The molecule has 0 aromatic carbocycles. The zero-order valence-corrected chi connectivity index (χ0v) is 16.0. The summed E-state index contributed by atoms with van der Waals surface area (Å²) in [6.45, 7) is 9.88. The van der Waals surface area contributed by atoms with Crippen molar-refractivity contribution in [2.75, 3.05) is 13.1 Å². The molecule has 0 bridgehead atoms. The molecule has 1 saturated heterocycles. The van der Waals surface area contributed by atoms with Crippen LogP contribution in [0.2, 0.25) is 0 Å². The molecule has 7 nitrogen and oxygen atoms in total. The van der Waals surface area contributed by atoms with Crippen LogP contribution < -0.4 is 5.56 Å². The molecular formula is C19H27N5O2. The maximum atomic E-state index is 12.7. The Balaban J connectivity index is 1.64. The molecule has 7 heteroatoms. The summed E-state index contributed by atoms with van der Waals surface area (Å²) in [6.07, 6.45) is 2.33. The topological polar surface area (TPSA) is 83.9 Å². The van der Waals surface area contributed by atoms with Crippen LogP contribution in [0.25, 0.3) is 0 Å². The smallest absolute Gasteiger partial charge is 0.251 e. The summed E-state index contributed by atoms with van der Waals surface area (Å²) in [5.74, 6) is 0.891. The lowest BCUT2D eigenvalue weighted by atomic mass is 9.94. The number of hydrogen-bond donors (Lipinski definition) is 1. The first-order chi connectivity index (χ1) is 12.3. The SMILES string of the molecule is Cc1nc([C@H]2CCCN(C(=O)CCn3nc(C)c(C)c3C)C2)cc(=O)[nH]1. The molecule has 0 saturated carbocycles. The van der Waals surface area contributed by atoms with Gasteiger partial charge in [0.05, 0.1) is 11.4 Å². The first kappa shape index (κ1) is 18.4. The van der Waals surface area contributed by atoms with Crippen LogP contribution in [-0.4, -0.2) is 43.6 Å². The van der Waals surface area contributed by atoms with E-state index in [1.54, 1.807) is 13.0 Å². The second kappa shape index (κ2) is 7.43. The zero-order chi connectivity index (χ0) is 18.8. The highest BCUT2D eigenvalue weighted by Crippen LogP contribution is 2.25. The molecule has 1 aliphatic rings. The van der Waals surface area contributed by atoms with Crippen molar-refractivity contribution in [2.45, 2.75) is 59.4 Å². The number of likely N-dealkylation sites (tertiary alicyclic amines) is 1. The predicted molar refractivity (Wildman–Crippen MR) is 99.2 cm³/mol. The van der Waals surface area contributed by atoms with Gasteiger partial charge in [-0.2, -0.15) is 5.10 Å². The molecule has 26 heavy (non-hydrogen) atoms. The van der Waals surface area contributed by atoms with Gasteiger partial charge in [-0.25, -0.2) is 4.98 Å². The average Bonchev–Trinajstić information content (AvgIpc) is 2.86. The first-order valence-corrected chi connectivity index (χ1v) is 9.21. The number of aryl methyl sites for hydroxylation is 3. The molecular weight excluding hydrogens is 330 g/mol. The highest BCUT2D eigenvalue weighted by atomic mass is 16.2. The van der Waals surface area contributed by atoms with E-state index in [0.717, 1.165) is 36.5 Å². The fourth-order valence-corrected chi connectivity index (χ4v) is 3.62. The summed E-state index contributed by atoms with van der Waals surface area (Å²) >= 11 is 0. The van der Waals surface area contributed by atoms with E-state index in [1.165, 1.54) is 5.56 Å². The van der Waals surface area contributed by atoms with E-state index in [9.17, 15) is 9.59 Å². The molecule has 1 aliphatic heterocycles. The third kappa shape index (κ3) is 3.86. The van der Waals surface area contributed by atoms with Gasteiger partial charge in [-0.3, -0.25) is 14.3 Å². The van der Waals surface area contributed by atoms with Crippen LogP contribution in [0.5, 0.6) is 0 Å². The van der Waals surface area contributed by atoms with Crippen LogP contribution in [0.3, 0.4) is 0 Å². The molecule has 2 aromatic rings. The number of piperidine rings is 1. The number of hydrogen-bond acceptors (Lipinski definition) is 4. The highest BCUT2D eigenvalue weighted by molar-refractivity contribution is 5.76. The monoisotopic (exact) mass is 357 g/mol. The van der Waals surface area contributed by atoms with Crippen molar-refractivity contribution < 1.29 is 4.79 Å². The molecule has 1 fully saturated rings. The van der Waals surface area contributed by atoms with Crippen LogP contribution in [0.4, 0.5) is 0 Å². The number of amides is 1. The first-order valence-electron chi connectivity index (χ1n) is 9.21. The number of H-pyrrole nitrogens is 1. The Bertz CT molecular complexity index is 867. The fraction of sp³-hybridized carbons (Fsp3) is 0.579. The van der Waals surface area contributed by atoms with Gasteiger partial charge in [-0.05, 0) is 46.1 Å². The summed E-state index contributed by atoms with van der Waals surface area (Å²) in [7, 11) is 0. The third-order valence-corrected chi connectivity index (χ3v) is 5.35. The maximum Gasteiger partial charge on any atom is 0.251 e. The second-order valence-corrected chi connectivity index (χ2v) is 7.20. The number of nitrogens with one attached hydrogen (secondary N) is 1. The quantitative estimate of drug-likeness (QED) is 0.907. The van der Waals surface area contributed by atoms with Gasteiger partial charge in [-0.15, -0.1) is 0 Å². The second-order valence-electron chi connectivity index (χ2n) is 7.20. The molecule has 1 N–H and O–H groups in total. The van der Waals surface area contributed by atoms with Crippen LogP contribution in [-0.2, 0) is 11.3 Å². The van der Waals surface area contributed by atoms with Gasteiger partial charge in [0, 0.05) is 43.7 Å². The molecule has 140 valence electrons. The van der Waals surface area contributed by atoms with Crippen molar-refractivity contribution >= 4 is 5.91 Å². The summed E-state index contributed by atoms with van der Waals surface area (Å²) in [6, 6.07) is 1.56. The van der Waals surface area contributed by atoms with Gasteiger partial charge in [-0.1, -0.05) is 0 Å². The van der Waals surface area contributed by atoms with Gasteiger partial charge in [0.15, 0.2) is 0 Å². The molecule has 2 aromatic heterocycles. The summed E-state index contributed by atoms with van der Waals surface area (Å²) < 4.78 is 1.92. The highest BCUT2D eigenvalue weighted by Gasteiger charge is 2.26. The lowest BCUT2D eigenvalue weighted by molar-refractivity contribution is -0.132. The predicted octanol–water partition coefficient (Wildman–Crippen LogP) is 2.00. The Morgan fingerprint density at radius 2 is 2.08 bits per heavy atom. The Labute approximate surface area is 153 Å². The summed E-state index contributed by atoms with van der Waals surface area (Å²) in [5.41, 5.74) is 3.98. The van der Waals surface area contributed by atoms with Gasteiger partial charge in [0.25, 0.3) is 5.56 Å². The van der Waals surface area contributed by atoms with E-state index < -0.39 is 0 Å². The summed E-state index contributed by atoms with van der Waals surface area (Å²) in [5, 5.41) is 4.51. The molecule has 0 unspecified atom stereocenters. The van der Waals surface area contributed by atoms with Crippen LogP contribution in [0, 0.1) is 27.7 Å². The average molecular weight is 357 g/mol. The lowest BCUT2D eigenvalue weighted by Gasteiger charge is -2.32. The van der Waals surface area contributed by atoms with Crippen molar-refractivity contribution in [1.29, 1.82) is 0 Å². The Morgan fingerprint density at radius 1 is 1.31 bits per heavy atom. The van der Waals surface area contributed by atoms with Crippen LogP contribution >= 0.6 is 0 Å². The van der Waals surface area contributed by atoms with E-state index >= 15 is 0 Å². The van der Waals surface area contributed by atoms with Gasteiger partial charge < -0.3 is 9.88 Å². The number of aromatic nitrogens is 4. The number of aromatic amines is 1. The van der Waals surface area contributed by atoms with Gasteiger partial charge in [0.2, 0.25) is 5.91 Å². The minimum absolute atomic E-state index is 0.129. The van der Waals surface area contributed by atoms with Gasteiger partial charge >= 0.3 is 0 Å². The minimum Gasteiger partial charge on any atom is -0.342 e. The number of carbonyl (C=O) groups excluding carboxylic acids is 1. The molecule has 3 rings (SSSR count). The van der Waals surface area contributed by atoms with Crippen molar-refractivity contribution in [3.05, 3.63) is 44.9 Å². The third-order valence-electron chi connectivity index (χ3n) is 5.35. The van der Waals surface area contributed by atoms with Crippen LogP contribution in [0.1, 0.15) is 53.7 Å².